The van der Waals surface area contributed by atoms with Crippen LogP contribution in [0.1, 0.15) is 31.2 Å². The third kappa shape index (κ3) is 2.34. The Bertz CT molecular complexity index is 397. The molecule has 3 heteroatoms. The molecule has 1 aromatic rings. The molecule has 0 radical (unpaired) electrons. The standard InChI is InChI=1S/C13H15NO2/c14-9-10-5-1-3-7-12(10)16-13-8-4-2-6-11(13)15/h1,3,5,7,11,13,15H,2,4,6,8H2/t11-,13-/m0/s1. The predicted molar refractivity (Wildman–Crippen MR) is 60.0 cm³/mol. The van der Waals surface area contributed by atoms with Crippen LogP contribution in [0.3, 0.4) is 0 Å². The predicted octanol–water partition coefficient (Wildman–Crippen LogP) is 2.24. The Morgan fingerprint density at radius 1 is 1.25 bits per heavy atom. The molecule has 1 aliphatic carbocycles. The van der Waals surface area contributed by atoms with Crippen LogP contribution in [0.4, 0.5) is 0 Å². The molecule has 0 bridgehead atoms. The van der Waals surface area contributed by atoms with Crippen LogP contribution in [0.25, 0.3) is 0 Å². The van der Waals surface area contributed by atoms with Crippen LogP contribution in [-0.2, 0) is 0 Å². The summed E-state index contributed by atoms with van der Waals surface area (Å²) in [5.74, 6) is 0.580. The largest absolute Gasteiger partial charge is 0.486 e. The summed E-state index contributed by atoms with van der Waals surface area (Å²) in [5.41, 5.74) is 0.528. The summed E-state index contributed by atoms with van der Waals surface area (Å²) < 4.78 is 5.72. The third-order valence-electron chi connectivity index (χ3n) is 2.95. The molecular weight excluding hydrogens is 202 g/mol. The zero-order valence-electron chi connectivity index (χ0n) is 9.10. The van der Waals surface area contributed by atoms with Crippen molar-refractivity contribution >= 4 is 0 Å². The Morgan fingerprint density at radius 3 is 2.75 bits per heavy atom. The zero-order valence-corrected chi connectivity index (χ0v) is 9.10. The Labute approximate surface area is 95.3 Å². The van der Waals surface area contributed by atoms with Crippen LogP contribution in [-0.4, -0.2) is 17.3 Å². The van der Waals surface area contributed by atoms with Crippen molar-refractivity contribution < 1.29 is 9.84 Å². The van der Waals surface area contributed by atoms with Crippen LogP contribution < -0.4 is 4.74 Å². The Morgan fingerprint density at radius 2 is 2.00 bits per heavy atom. The van der Waals surface area contributed by atoms with Crippen molar-refractivity contribution in [2.24, 2.45) is 0 Å². The van der Waals surface area contributed by atoms with E-state index in [9.17, 15) is 5.11 Å². The lowest BCUT2D eigenvalue weighted by atomic mass is 9.95. The molecule has 0 spiro atoms. The first kappa shape index (κ1) is 11.0. The fourth-order valence-corrected chi connectivity index (χ4v) is 2.04. The lowest BCUT2D eigenvalue weighted by Gasteiger charge is -2.28. The smallest absolute Gasteiger partial charge is 0.137 e. The number of benzene rings is 1. The molecule has 2 atom stereocenters. The van der Waals surface area contributed by atoms with Gasteiger partial charge in [-0.2, -0.15) is 5.26 Å². The third-order valence-corrected chi connectivity index (χ3v) is 2.95. The lowest BCUT2D eigenvalue weighted by molar-refractivity contribution is 0.00673. The molecule has 16 heavy (non-hydrogen) atoms. The highest BCUT2D eigenvalue weighted by Gasteiger charge is 2.25. The SMILES string of the molecule is N#Cc1ccccc1O[C@H]1CCCC[C@@H]1O. The molecule has 84 valence electrons. The normalized spacial score (nSPS) is 24.8. The summed E-state index contributed by atoms with van der Waals surface area (Å²) in [6.45, 7) is 0. The average Bonchev–Trinajstić information content (AvgIpc) is 2.33. The fraction of sp³-hybridized carbons (Fsp3) is 0.462. The second-order valence-electron chi connectivity index (χ2n) is 4.12. The maximum atomic E-state index is 9.79. The summed E-state index contributed by atoms with van der Waals surface area (Å²) in [6, 6.07) is 9.24. The second-order valence-corrected chi connectivity index (χ2v) is 4.12. The molecule has 0 amide bonds. The molecule has 1 fully saturated rings. The van der Waals surface area contributed by atoms with Gasteiger partial charge in [-0.15, -0.1) is 0 Å². The van der Waals surface area contributed by atoms with Gasteiger partial charge in [0.05, 0.1) is 11.7 Å². The van der Waals surface area contributed by atoms with Gasteiger partial charge in [0.2, 0.25) is 0 Å². The van der Waals surface area contributed by atoms with E-state index in [1.807, 2.05) is 12.1 Å². The monoisotopic (exact) mass is 217 g/mol. The van der Waals surface area contributed by atoms with Crippen molar-refractivity contribution in [2.75, 3.05) is 0 Å². The summed E-state index contributed by atoms with van der Waals surface area (Å²) in [7, 11) is 0. The maximum Gasteiger partial charge on any atom is 0.137 e. The molecule has 1 saturated carbocycles. The van der Waals surface area contributed by atoms with E-state index in [1.165, 1.54) is 0 Å². The number of hydrogen-bond acceptors (Lipinski definition) is 3. The van der Waals surface area contributed by atoms with Gasteiger partial charge < -0.3 is 9.84 Å². The van der Waals surface area contributed by atoms with Crippen LogP contribution in [0.2, 0.25) is 0 Å². The quantitative estimate of drug-likeness (QED) is 0.826. The number of rotatable bonds is 2. The van der Waals surface area contributed by atoms with Crippen molar-refractivity contribution in [1.29, 1.82) is 5.26 Å². The first-order valence-electron chi connectivity index (χ1n) is 5.65. The molecule has 1 aliphatic rings. The van der Waals surface area contributed by atoms with Crippen LogP contribution in [0, 0.1) is 11.3 Å². The molecule has 1 aromatic carbocycles. The van der Waals surface area contributed by atoms with E-state index < -0.39 is 6.10 Å². The minimum absolute atomic E-state index is 0.164. The number of ether oxygens (including phenoxy) is 1. The van der Waals surface area contributed by atoms with Crippen molar-refractivity contribution in [2.45, 2.75) is 37.9 Å². The van der Waals surface area contributed by atoms with E-state index in [1.54, 1.807) is 12.1 Å². The second kappa shape index (κ2) is 5.00. The lowest BCUT2D eigenvalue weighted by Crippen LogP contribution is -2.34. The molecule has 0 heterocycles. The highest BCUT2D eigenvalue weighted by Crippen LogP contribution is 2.25. The molecule has 0 aliphatic heterocycles. The van der Waals surface area contributed by atoms with Gasteiger partial charge in [0, 0.05) is 0 Å². The number of hydrogen-bond donors (Lipinski definition) is 1. The van der Waals surface area contributed by atoms with Gasteiger partial charge >= 0.3 is 0 Å². The van der Waals surface area contributed by atoms with Gasteiger partial charge in [-0.05, 0) is 31.4 Å². The first-order valence-corrected chi connectivity index (χ1v) is 5.65. The maximum absolute atomic E-state index is 9.79. The average molecular weight is 217 g/mol. The minimum Gasteiger partial charge on any atom is -0.486 e. The molecule has 1 N–H and O–H groups in total. The van der Waals surface area contributed by atoms with Gasteiger partial charge in [-0.3, -0.25) is 0 Å². The molecule has 0 unspecified atom stereocenters. The first-order chi connectivity index (χ1) is 7.81. The van der Waals surface area contributed by atoms with E-state index in [-0.39, 0.29) is 6.10 Å². The Balaban J connectivity index is 2.11. The Hall–Kier alpha value is -1.53. The summed E-state index contributed by atoms with van der Waals surface area (Å²) in [5, 5.41) is 18.7. The minimum atomic E-state index is -0.402. The van der Waals surface area contributed by atoms with Gasteiger partial charge in [0.15, 0.2) is 0 Å². The van der Waals surface area contributed by atoms with Gasteiger partial charge in [0.1, 0.15) is 17.9 Å². The molecule has 2 rings (SSSR count). The van der Waals surface area contributed by atoms with Crippen LogP contribution in [0.5, 0.6) is 5.75 Å². The number of aliphatic hydroxyl groups excluding tert-OH is 1. The Kier molecular flexibility index (Phi) is 3.43. The molecular formula is C13H15NO2. The highest BCUT2D eigenvalue weighted by molar-refractivity contribution is 5.42. The molecule has 3 nitrogen and oxygen atoms in total. The number of para-hydroxylation sites is 1. The van der Waals surface area contributed by atoms with E-state index in [0.717, 1.165) is 25.7 Å². The molecule has 0 aromatic heterocycles. The molecule has 0 saturated heterocycles. The summed E-state index contributed by atoms with van der Waals surface area (Å²) in [4.78, 5) is 0. The van der Waals surface area contributed by atoms with Gasteiger partial charge in [-0.25, -0.2) is 0 Å². The van der Waals surface area contributed by atoms with E-state index in [2.05, 4.69) is 6.07 Å². The summed E-state index contributed by atoms with van der Waals surface area (Å²) in [6.07, 6.45) is 3.22. The van der Waals surface area contributed by atoms with Gasteiger partial charge in [0.25, 0.3) is 0 Å². The van der Waals surface area contributed by atoms with Gasteiger partial charge in [-0.1, -0.05) is 18.6 Å². The number of nitrogens with zero attached hydrogens (tertiary/aromatic N) is 1. The highest BCUT2D eigenvalue weighted by atomic mass is 16.5. The van der Waals surface area contributed by atoms with Crippen molar-refractivity contribution in [1.82, 2.24) is 0 Å². The van der Waals surface area contributed by atoms with E-state index >= 15 is 0 Å². The summed E-state index contributed by atoms with van der Waals surface area (Å²) >= 11 is 0. The fourth-order valence-electron chi connectivity index (χ4n) is 2.04. The van der Waals surface area contributed by atoms with Crippen molar-refractivity contribution in [3.05, 3.63) is 29.8 Å². The zero-order chi connectivity index (χ0) is 11.4. The van der Waals surface area contributed by atoms with Crippen LogP contribution in [0.15, 0.2) is 24.3 Å². The van der Waals surface area contributed by atoms with E-state index in [0.29, 0.717) is 11.3 Å². The number of aliphatic hydroxyl groups is 1. The van der Waals surface area contributed by atoms with Crippen molar-refractivity contribution in [3.8, 4) is 11.8 Å². The number of nitriles is 1. The van der Waals surface area contributed by atoms with E-state index in [4.69, 9.17) is 10.00 Å². The topological polar surface area (TPSA) is 53.2 Å². The van der Waals surface area contributed by atoms with Crippen LogP contribution >= 0.6 is 0 Å². The van der Waals surface area contributed by atoms with Crippen molar-refractivity contribution in [3.63, 3.8) is 0 Å².